The normalized spacial score (nSPS) is 17.2. The molecule has 1 aliphatic rings. The molecule has 1 atom stereocenters. The number of rotatable bonds is 4. The molecule has 0 bridgehead atoms. The third-order valence-corrected chi connectivity index (χ3v) is 4.74. The molecule has 9 heteroatoms. The van der Waals surface area contributed by atoms with Crippen molar-refractivity contribution in [3.63, 3.8) is 0 Å². The largest absolute Gasteiger partial charge is 0.481 e. The summed E-state index contributed by atoms with van der Waals surface area (Å²) in [6, 6.07) is 5.24. The van der Waals surface area contributed by atoms with E-state index in [4.69, 9.17) is 5.11 Å². The van der Waals surface area contributed by atoms with Crippen LogP contribution in [0.1, 0.15) is 44.0 Å². The number of aliphatic carboxylic acids is 1. The summed E-state index contributed by atoms with van der Waals surface area (Å²) >= 11 is 0. The Morgan fingerprint density at radius 2 is 2.11 bits per heavy atom. The number of carbonyl (C=O) groups is 2. The Bertz CT molecular complexity index is 847. The van der Waals surface area contributed by atoms with Gasteiger partial charge in [-0.05, 0) is 54.0 Å². The number of nitrogens with one attached hydrogen (secondary N) is 1. The Kier molecular flexibility index (Phi) is 5.38. The number of tetrazole rings is 1. The molecule has 0 spiro atoms. The van der Waals surface area contributed by atoms with E-state index in [0.717, 1.165) is 17.1 Å². The Morgan fingerprint density at radius 1 is 1.33 bits per heavy atom. The maximum Gasteiger partial charge on any atom is 0.321 e. The minimum atomic E-state index is -0.852. The molecule has 144 valence electrons. The molecule has 2 aromatic rings. The summed E-state index contributed by atoms with van der Waals surface area (Å²) in [7, 11) is 0. The van der Waals surface area contributed by atoms with E-state index >= 15 is 0 Å². The number of aryl methyl sites for hydroxylation is 1. The van der Waals surface area contributed by atoms with Gasteiger partial charge < -0.3 is 15.3 Å². The van der Waals surface area contributed by atoms with E-state index in [-0.39, 0.29) is 18.5 Å². The van der Waals surface area contributed by atoms with Crippen molar-refractivity contribution < 1.29 is 14.7 Å². The van der Waals surface area contributed by atoms with Gasteiger partial charge in [0.2, 0.25) is 0 Å². The topological polar surface area (TPSA) is 113 Å². The number of amides is 2. The molecule has 0 radical (unpaired) electrons. The fourth-order valence-corrected chi connectivity index (χ4v) is 3.26. The minimum Gasteiger partial charge on any atom is -0.481 e. The van der Waals surface area contributed by atoms with Crippen molar-refractivity contribution in [2.75, 3.05) is 18.4 Å². The molecule has 0 aliphatic carbocycles. The summed E-state index contributed by atoms with van der Waals surface area (Å²) in [6.45, 7) is 6.78. The summed E-state index contributed by atoms with van der Waals surface area (Å²) in [4.78, 5) is 25.2. The van der Waals surface area contributed by atoms with Gasteiger partial charge >= 0.3 is 12.0 Å². The molecule has 2 N–H and O–H groups in total. The fraction of sp³-hybridized carbons (Fsp3) is 0.500. The summed E-state index contributed by atoms with van der Waals surface area (Å²) in [5.41, 5.74) is 2.42. The zero-order valence-electron chi connectivity index (χ0n) is 15.7. The lowest BCUT2D eigenvalue weighted by Crippen LogP contribution is -2.44. The van der Waals surface area contributed by atoms with Crippen molar-refractivity contribution in [3.8, 4) is 5.69 Å². The van der Waals surface area contributed by atoms with Gasteiger partial charge in [-0.25, -0.2) is 4.79 Å². The smallest absolute Gasteiger partial charge is 0.321 e. The number of aromatic nitrogens is 4. The Morgan fingerprint density at radius 3 is 2.78 bits per heavy atom. The maximum atomic E-state index is 12.5. The summed E-state index contributed by atoms with van der Waals surface area (Å²) in [5.74, 6) is -0.402. The van der Waals surface area contributed by atoms with Crippen LogP contribution < -0.4 is 5.32 Å². The number of benzene rings is 1. The van der Waals surface area contributed by atoms with Crippen molar-refractivity contribution in [3.05, 3.63) is 29.6 Å². The van der Waals surface area contributed by atoms with E-state index in [2.05, 4.69) is 20.8 Å². The molecule has 2 amide bonds. The van der Waals surface area contributed by atoms with Crippen molar-refractivity contribution in [1.29, 1.82) is 0 Å². The molecule has 1 fully saturated rings. The molecule has 2 heterocycles. The number of carbonyl (C=O) groups excluding carboxylic acids is 1. The van der Waals surface area contributed by atoms with Crippen LogP contribution in [0.5, 0.6) is 0 Å². The second kappa shape index (κ2) is 7.73. The molecule has 3 rings (SSSR count). The van der Waals surface area contributed by atoms with Crippen LogP contribution >= 0.6 is 0 Å². The fourth-order valence-electron chi connectivity index (χ4n) is 3.26. The van der Waals surface area contributed by atoms with Gasteiger partial charge in [-0.2, -0.15) is 4.68 Å². The summed E-state index contributed by atoms with van der Waals surface area (Å²) < 4.78 is 1.70. The number of urea groups is 1. The van der Waals surface area contributed by atoms with Crippen molar-refractivity contribution in [2.24, 2.45) is 5.92 Å². The van der Waals surface area contributed by atoms with Crippen LogP contribution in [0.2, 0.25) is 0 Å². The van der Waals surface area contributed by atoms with E-state index in [0.29, 0.717) is 25.1 Å². The molecule has 9 nitrogen and oxygen atoms in total. The first-order chi connectivity index (χ1) is 12.9. The van der Waals surface area contributed by atoms with Crippen LogP contribution in [0.3, 0.4) is 0 Å². The second-order valence-corrected chi connectivity index (χ2v) is 7.16. The number of piperidine rings is 1. The van der Waals surface area contributed by atoms with E-state index in [1.165, 1.54) is 0 Å². The van der Waals surface area contributed by atoms with Gasteiger partial charge in [0.15, 0.2) is 5.82 Å². The molecule has 1 saturated heterocycles. The zero-order valence-corrected chi connectivity index (χ0v) is 15.7. The van der Waals surface area contributed by atoms with Crippen LogP contribution in [-0.4, -0.2) is 55.3 Å². The average molecular weight is 372 g/mol. The standard InChI is InChI=1S/C18H24N6O3/c1-11(2)16-20-21-22-24(16)15-7-6-14(9-12(15)3)19-18(27)23-8-4-5-13(10-23)17(25)26/h6-7,9,11,13H,4-5,8,10H2,1-3H3,(H,19,27)(H,25,26). The molecule has 27 heavy (non-hydrogen) atoms. The lowest BCUT2D eigenvalue weighted by Gasteiger charge is -2.30. The van der Waals surface area contributed by atoms with Crippen LogP contribution in [0.15, 0.2) is 18.2 Å². The first-order valence-electron chi connectivity index (χ1n) is 9.05. The number of hydrogen-bond acceptors (Lipinski definition) is 5. The number of nitrogens with zero attached hydrogens (tertiary/aromatic N) is 5. The van der Waals surface area contributed by atoms with E-state index in [9.17, 15) is 9.59 Å². The number of carboxylic acid groups (broad SMARTS) is 1. The number of likely N-dealkylation sites (tertiary alicyclic amines) is 1. The van der Waals surface area contributed by atoms with Gasteiger partial charge in [-0.1, -0.05) is 13.8 Å². The van der Waals surface area contributed by atoms with Gasteiger partial charge in [0.1, 0.15) is 0 Å². The number of anilines is 1. The lowest BCUT2D eigenvalue weighted by molar-refractivity contribution is -0.143. The monoisotopic (exact) mass is 372 g/mol. The van der Waals surface area contributed by atoms with Crippen LogP contribution in [0, 0.1) is 12.8 Å². The highest BCUT2D eigenvalue weighted by Gasteiger charge is 2.28. The summed E-state index contributed by atoms with van der Waals surface area (Å²) in [5, 5.41) is 23.9. The Hall–Kier alpha value is -2.97. The molecule has 1 aliphatic heterocycles. The predicted octanol–water partition coefficient (Wildman–Crippen LogP) is 2.42. The molecular formula is C18H24N6O3. The average Bonchev–Trinajstić information content (AvgIpc) is 3.11. The van der Waals surface area contributed by atoms with Gasteiger partial charge in [0.05, 0.1) is 11.6 Å². The SMILES string of the molecule is Cc1cc(NC(=O)N2CCCC(C(=O)O)C2)ccc1-n1nnnc1C(C)C. The maximum absolute atomic E-state index is 12.5. The molecule has 1 aromatic heterocycles. The second-order valence-electron chi connectivity index (χ2n) is 7.16. The quantitative estimate of drug-likeness (QED) is 0.852. The number of carboxylic acids is 1. The van der Waals surface area contributed by atoms with Crippen LogP contribution in [0.4, 0.5) is 10.5 Å². The molecule has 1 unspecified atom stereocenters. The minimum absolute atomic E-state index is 0.181. The van der Waals surface area contributed by atoms with Crippen molar-refractivity contribution in [1.82, 2.24) is 25.1 Å². The Labute approximate surface area is 157 Å². The van der Waals surface area contributed by atoms with E-state index < -0.39 is 11.9 Å². The lowest BCUT2D eigenvalue weighted by atomic mass is 9.99. The van der Waals surface area contributed by atoms with Gasteiger partial charge in [0, 0.05) is 24.7 Å². The van der Waals surface area contributed by atoms with Gasteiger partial charge in [-0.3, -0.25) is 4.79 Å². The van der Waals surface area contributed by atoms with Gasteiger partial charge in [0.25, 0.3) is 0 Å². The third-order valence-electron chi connectivity index (χ3n) is 4.74. The van der Waals surface area contributed by atoms with Crippen LogP contribution in [-0.2, 0) is 4.79 Å². The highest BCUT2D eigenvalue weighted by Crippen LogP contribution is 2.23. The molecular weight excluding hydrogens is 348 g/mol. The van der Waals surface area contributed by atoms with E-state index in [1.807, 2.05) is 32.9 Å². The highest BCUT2D eigenvalue weighted by atomic mass is 16.4. The van der Waals surface area contributed by atoms with Crippen molar-refractivity contribution >= 4 is 17.7 Å². The summed E-state index contributed by atoms with van der Waals surface area (Å²) in [6.07, 6.45) is 1.30. The first-order valence-corrected chi connectivity index (χ1v) is 9.05. The van der Waals surface area contributed by atoms with Crippen molar-refractivity contribution in [2.45, 2.75) is 39.5 Å². The van der Waals surface area contributed by atoms with E-state index in [1.54, 1.807) is 15.6 Å². The van der Waals surface area contributed by atoms with Gasteiger partial charge in [-0.15, -0.1) is 5.10 Å². The third kappa shape index (κ3) is 4.07. The molecule has 1 aromatic carbocycles. The first kappa shape index (κ1) is 18.8. The number of hydrogen-bond donors (Lipinski definition) is 2. The zero-order chi connectivity index (χ0) is 19.6. The predicted molar refractivity (Wildman–Crippen MR) is 98.9 cm³/mol. The molecule has 0 saturated carbocycles. The Balaban J connectivity index is 1.73. The van der Waals surface area contributed by atoms with Crippen LogP contribution in [0.25, 0.3) is 5.69 Å². The highest BCUT2D eigenvalue weighted by molar-refractivity contribution is 5.90.